The number of nitrogens with one attached hydrogen (secondary N) is 1. The summed E-state index contributed by atoms with van der Waals surface area (Å²) in [5.41, 5.74) is 1.59. The minimum atomic E-state index is -0.244. The van der Waals surface area contributed by atoms with E-state index in [4.69, 9.17) is 9.15 Å². The van der Waals surface area contributed by atoms with Crippen LogP contribution in [0, 0.1) is 18.2 Å². The topological polar surface area (TPSA) is 54.6 Å². The number of benzene rings is 1. The maximum atomic E-state index is 13.1. The molecule has 1 aromatic heterocycles. The zero-order valence-corrected chi connectivity index (χ0v) is 12.6. The highest BCUT2D eigenvalue weighted by Gasteiger charge is 2.37. The van der Waals surface area contributed by atoms with Gasteiger partial charge in [-0.3, -0.25) is 0 Å². The van der Waals surface area contributed by atoms with E-state index in [9.17, 15) is 9.50 Å². The van der Waals surface area contributed by atoms with Gasteiger partial charge in [-0.1, -0.05) is 0 Å². The second-order valence-corrected chi connectivity index (χ2v) is 5.98. The number of aliphatic hydroxyl groups excluding tert-OH is 1. The van der Waals surface area contributed by atoms with Gasteiger partial charge < -0.3 is 19.6 Å². The van der Waals surface area contributed by atoms with Crippen LogP contribution in [0.25, 0.3) is 11.3 Å². The fourth-order valence-electron chi connectivity index (χ4n) is 2.61. The second kappa shape index (κ2) is 6.20. The predicted molar refractivity (Wildman–Crippen MR) is 80.9 cm³/mol. The summed E-state index contributed by atoms with van der Waals surface area (Å²) >= 11 is 0. The monoisotopic (exact) mass is 305 g/mol. The summed E-state index contributed by atoms with van der Waals surface area (Å²) in [7, 11) is 0. The third-order valence-corrected chi connectivity index (χ3v) is 4.07. The molecule has 0 bridgehead atoms. The van der Waals surface area contributed by atoms with Gasteiger partial charge in [0.1, 0.15) is 17.3 Å². The van der Waals surface area contributed by atoms with Crippen molar-refractivity contribution in [2.24, 2.45) is 5.41 Å². The summed E-state index contributed by atoms with van der Waals surface area (Å²) in [5, 5.41) is 12.7. The lowest BCUT2D eigenvalue weighted by molar-refractivity contribution is -0.134. The summed E-state index contributed by atoms with van der Waals surface area (Å²) in [4.78, 5) is 0. The van der Waals surface area contributed by atoms with Crippen LogP contribution in [-0.4, -0.2) is 31.5 Å². The van der Waals surface area contributed by atoms with E-state index in [-0.39, 0.29) is 17.8 Å². The molecule has 0 radical (unpaired) electrons. The normalized spacial score (nSPS) is 16.5. The van der Waals surface area contributed by atoms with Crippen molar-refractivity contribution in [3.8, 4) is 11.3 Å². The molecule has 0 atom stereocenters. The van der Waals surface area contributed by atoms with Crippen LogP contribution in [-0.2, 0) is 11.3 Å². The fourth-order valence-corrected chi connectivity index (χ4v) is 2.61. The van der Waals surface area contributed by atoms with Gasteiger partial charge in [0.25, 0.3) is 0 Å². The molecule has 2 N–H and O–H groups in total. The van der Waals surface area contributed by atoms with Crippen molar-refractivity contribution in [2.45, 2.75) is 13.5 Å². The van der Waals surface area contributed by atoms with E-state index in [2.05, 4.69) is 5.32 Å². The average Bonchev–Trinajstić information content (AvgIpc) is 2.90. The molecule has 0 spiro atoms. The zero-order valence-electron chi connectivity index (χ0n) is 12.6. The number of furan rings is 1. The number of aliphatic hydroxyl groups is 1. The van der Waals surface area contributed by atoms with E-state index < -0.39 is 0 Å². The Morgan fingerprint density at radius 1 is 1.27 bits per heavy atom. The first-order chi connectivity index (χ1) is 10.6. The fraction of sp³-hybridized carbons (Fsp3) is 0.412. The van der Waals surface area contributed by atoms with Crippen molar-refractivity contribution in [1.82, 2.24) is 5.32 Å². The lowest BCUT2D eigenvalue weighted by atomic mass is 9.87. The van der Waals surface area contributed by atoms with E-state index in [0.29, 0.717) is 26.3 Å². The first-order valence-electron chi connectivity index (χ1n) is 7.36. The number of ether oxygens (including phenoxy) is 1. The number of hydrogen-bond acceptors (Lipinski definition) is 4. The Balaban J connectivity index is 1.61. The first kappa shape index (κ1) is 15.2. The molecule has 0 amide bonds. The molecule has 0 saturated carbocycles. The number of hydrogen-bond donors (Lipinski definition) is 2. The summed E-state index contributed by atoms with van der Waals surface area (Å²) in [6.07, 6.45) is 0. The Hall–Kier alpha value is -1.69. The van der Waals surface area contributed by atoms with Crippen LogP contribution in [0.5, 0.6) is 0 Å². The van der Waals surface area contributed by atoms with Crippen LogP contribution >= 0.6 is 0 Å². The number of rotatable bonds is 6. The van der Waals surface area contributed by atoms with Crippen LogP contribution < -0.4 is 5.32 Å². The summed E-state index contributed by atoms with van der Waals surface area (Å²) in [6, 6.07) is 8.47. The summed E-state index contributed by atoms with van der Waals surface area (Å²) in [6.45, 7) is 4.44. The number of aryl methyl sites for hydroxylation is 1. The molecular weight excluding hydrogens is 285 g/mol. The van der Waals surface area contributed by atoms with Crippen molar-refractivity contribution in [2.75, 3.05) is 26.4 Å². The Morgan fingerprint density at radius 2 is 2.09 bits per heavy atom. The van der Waals surface area contributed by atoms with Crippen LogP contribution in [0.3, 0.4) is 0 Å². The summed E-state index contributed by atoms with van der Waals surface area (Å²) in [5.74, 6) is 1.30. The largest absolute Gasteiger partial charge is 0.460 e. The van der Waals surface area contributed by atoms with Crippen LogP contribution in [0.4, 0.5) is 4.39 Å². The van der Waals surface area contributed by atoms with Gasteiger partial charge in [0.05, 0.1) is 31.8 Å². The Kier molecular flexibility index (Phi) is 4.29. The van der Waals surface area contributed by atoms with Gasteiger partial charge in [0.2, 0.25) is 0 Å². The molecule has 118 valence electrons. The Morgan fingerprint density at radius 3 is 2.73 bits per heavy atom. The van der Waals surface area contributed by atoms with Crippen molar-refractivity contribution >= 4 is 0 Å². The molecule has 1 aromatic carbocycles. The van der Waals surface area contributed by atoms with Gasteiger partial charge in [0.15, 0.2) is 0 Å². The highest BCUT2D eigenvalue weighted by atomic mass is 19.1. The average molecular weight is 305 g/mol. The van der Waals surface area contributed by atoms with E-state index in [0.717, 1.165) is 22.6 Å². The Bertz CT molecular complexity index is 644. The molecule has 2 heterocycles. The molecule has 4 nitrogen and oxygen atoms in total. The van der Waals surface area contributed by atoms with Crippen LogP contribution in [0.1, 0.15) is 11.3 Å². The van der Waals surface area contributed by atoms with Gasteiger partial charge in [-0.15, -0.1) is 0 Å². The molecular formula is C17H20FNO3. The molecule has 22 heavy (non-hydrogen) atoms. The van der Waals surface area contributed by atoms with Crippen molar-refractivity contribution in [3.63, 3.8) is 0 Å². The van der Waals surface area contributed by atoms with Gasteiger partial charge in [-0.05, 0) is 42.8 Å². The van der Waals surface area contributed by atoms with Crippen LogP contribution in [0.15, 0.2) is 34.7 Å². The van der Waals surface area contributed by atoms with Gasteiger partial charge in [0, 0.05) is 12.1 Å². The smallest absolute Gasteiger partial charge is 0.134 e. The predicted octanol–water partition coefficient (Wildman–Crippen LogP) is 2.49. The Labute approximate surface area is 128 Å². The molecule has 5 heteroatoms. The van der Waals surface area contributed by atoms with E-state index in [1.165, 1.54) is 12.1 Å². The van der Waals surface area contributed by atoms with Gasteiger partial charge in [-0.25, -0.2) is 4.39 Å². The lowest BCUT2D eigenvalue weighted by Gasteiger charge is -2.39. The zero-order chi connectivity index (χ0) is 15.6. The third kappa shape index (κ3) is 3.06. The van der Waals surface area contributed by atoms with E-state index >= 15 is 0 Å². The van der Waals surface area contributed by atoms with E-state index in [1.807, 2.05) is 19.1 Å². The van der Waals surface area contributed by atoms with Gasteiger partial charge >= 0.3 is 0 Å². The molecule has 0 unspecified atom stereocenters. The quantitative estimate of drug-likeness (QED) is 0.861. The molecule has 1 fully saturated rings. The van der Waals surface area contributed by atoms with Crippen molar-refractivity contribution < 1.29 is 18.7 Å². The summed E-state index contributed by atoms with van der Waals surface area (Å²) < 4.78 is 24.1. The molecule has 1 aliphatic rings. The second-order valence-electron chi connectivity index (χ2n) is 5.98. The molecule has 3 rings (SSSR count). The maximum Gasteiger partial charge on any atom is 0.134 e. The molecule has 1 saturated heterocycles. The third-order valence-electron chi connectivity index (χ3n) is 4.07. The number of halogens is 1. The minimum Gasteiger partial charge on any atom is -0.460 e. The lowest BCUT2D eigenvalue weighted by Crippen LogP contribution is -2.52. The maximum absolute atomic E-state index is 13.1. The molecule has 2 aromatic rings. The molecule has 1 aliphatic heterocycles. The van der Waals surface area contributed by atoms with Crippen LogP contribution in [0.2, 0.25) is 0 Å². The minimum absolute atomic E-state index is 0.123. The highest BCUT2D eigenvalue weighted by molar-refractivity contribution is 5.62. The van der Waals surface area contributed by atoms with Crippen molar-refractivity contribution in [1.29, 1.82) is 0 Å². The SMILES string of the molecule is Cc1cc(F)ccc1-c1ccc(CNCC2(CO)COC2)o1. The first-order valence-corrected chi connectivity index (χ1v) is 7.36. The highest BCUT2D eigenvalue weighted by Crippen LogP contribution is 2.27. The van der Waals surface area contributed by atoms with E-state index in [1.54, 1.807) is 6.07 Å². The molecule has 0 aliphatic carbocycles. The van der Waals surface area contributed by atoms with Crippen molar-refractivity contribution in [3.05, 3.63) is 47.5 Å². The van der Waals surface area contributed by atoms with Gasteiger partial charge in [-0.2, -0.15) is 0 Å². The standard InChI is InChI=1S/C17H20FNO3/c1-12-6-13(18)2-4-15(12)16-5-3-14(22-16)7-19-8-17(9-20)10-21-11-17/h2-6,19-20H,7-11H2,1H3.